The van der Waals surface area contributed by atoms with Crippen molar-refractivity contribution in [3.8, 4) is 11.3 Å². The van der Waals surface area contributed by atoms with Crippen molar-refractivity contribution in [2.24, 2.45) is 0 Å². The van der Waals surface area contributed by atoms with Crippen molar-refractivity contribution in [1.29, 1.82) is 0 Å². The van der Waals surface area contributed by atoms with Crippen LogP contribution in [0.1, 0.15) is 5.56 Å². The lowest BCUT2D eigenvalue weighted by Crippen LogP contribution is -1.97. The second kappa shape index (κ2) is 6.74. The number of imidazole rings is 1. The number of nitrogens with zero attached hydrogens (tertiary/aromatic N) is 3. The van der Waals surface area contributed by atoms with Gasteiger partial charge in [0, 0.05) is 29.6 Å². The molecule has 134 valence electrons. The number of pyridine rings is 1. The average molecular weight is 379 g/mol. The summed E-state index contributed by atoms with van der Waals surface area (Å²) in [6.07, 6.45) is 1.79. The van der Waals surface area contributed by atoms with Gasteiger partial charge in [0.1, 0.15) is 17.2 Å². The summed E-state index contributed by atoms with van der Waals surface area (Å²) < 4.78 is 1.87. The number of halogens is 1. The highest BCUT2D eigenvalue weighted by Crippen LogP contribution is 2.32. The Morgan fingerprint density at radius 1 is 1.04 bits per heavy atom. The highest BCUT2D eigenvalue weighted by atomic mass is 35.5. The van der Waals surface area contributed by atoms with Crippen LogP contribution in [0.2, 0.25) is 5.02 Å². The van der Waals surface area contributed by atoms with Crippen LogP contribution in [0.15, 0.2) is 66.9 Å². The molecule has 0 spiro atoms. The summed E-state index contributed by atoms with van der Waals surface area (Å²) >= 11 is 6.17. The van der Waals surface area contributed by atoms with Crippen molar-refractivity contribution in [3.63, 3.8) is 0 Å². The fraction of sp³-hybridized carbons (Fsp3) is 0.0500. The summed E-state index contributed by atoms with van der Waals surface area (Å²) in [6.45, 7) is 2.03. The van der Waals surface area contributed by atoms with Crippen molar-refractivity contribution < 1.29 is 4.92 Å². The van der Waals surface area contributed by atoms with E-state index in [4.69, 9.17) is 11.6 Å². The van der Waals surface area contributed by atoms with Gasteiger partial charge in [-0.25, -0.2) is 4.98 Å². The summed E-state index contributed by atoms with van der Waals surface area (Å²) in [5, 5.41) is 14.9. The number of nitro benzene ring substituents is 1. The Morgan fingerprint density at radius 3 is 2.41 bits per heavy atom. The highest BCUT2D eigenvalue weighted by Gasteiger charge is 2.16. The van der Waals surface area contributed by atoms with Crippen molar-refractivity contribution in [2.45, 2.75) is 6.92 Å². The second-order valence-electron chi connectivity index (χ2n) is 6.18. The molecule has 0 aliphatic rings. The molecule has 1 N–H and O–H groups in total. The van der Waals surface area contributed by atoms with E-state index < -0.39 is 4.92 Å². The van der Waals surface area contributed by atoms with Gasteiger partial charge in [0.2, 0.25) is 0 Å². The summed E-state index contributed by atoms with van der Waals surface area (Å²) in [5.74, 6) is 0.741. The lowest BCUT2D eigenvalue weighted by Gasteiger charge is -2.09. The number of non-ortho nitro benzene ring substituents is 1. The molecule has 4 rings (SSSR count). The lowest BCUT2D eigenvalue weighted by molar-refractivity contribution is -0.384. The van der Waals surface area contributed by atoms with Gasteiger partial charge in [0.05, 0.1) is 9.95 Å². The van der Waals surface area contributed by atoms with E-state index in [9.17, 15) is 10.1 Å². The number of aromatic nitrogens is 2. The largest absolute Gasteiger partial charge is 0.339 e. The smallest absolute Gasteiger partial charge is 0.269 e. The normalized spacial score (nSPS) is 10.9. The minimum absolute atomic E-state index is 0.0404. The third-order valence-electron chi connectivity index (χ3n) is 4.25. The first kappa shape index (κ1) is 17.1. The van der Waals surface area contributed by atoms with Gasteiger partial charge in [-0.1, -0.05) is 29.3 Å². The number of hydrogen-bond acceptors (Lipinski definition) is 4. The SMILES string of the molecule is Cc1ccc(Nc2c(-c3ccc([N+](=O)[O-])cc3)nc3ccc(Cl)cn23)cc1. The van der Waals surface area contributed by atoms with E-state index >= 15 is 0 Å². The fourth-order valence-electron chi connectivity index (χ4n) is 2.85. The molecule has 2 aromatic carbocycles. The molecular formula is C20H15ClN4O2. The molecule has 0 aliphatic heterocycles. The standard InChI is InChI=1S/C20H15ClN4O2/c1-13-2-7-16(8-3-13)22-20-19(14-4-9-17(10-5-14)25(26)27)23-18-11-6-15(21)12-24(18)20/h2-12,22H,1H3. The molecule has 0 radical (unpaired) electrons. The van der Waals surface area contributed by atoms with E-state index in [1.165, 1.54) is 12.1 Å². The second-order valence-corrected chi connectivity index (χ2v) is 6.62. The Labute approximate surface area is 160 Å². The molecule has 4 aromatic rings. The zero-order chi connectivity index (χ0) is 19.0. The molecule has 0 aliphatic carbocycles. The van der Waals surface area contributed by atoms with E-state index in [0.29, 0.717) is 10.7 Å². The molecule has 0 fully saturated rings. The molecule has 0 saturated carbocycles. The Bertz CT molecular complexity index is 1140. The van der Waals surface area contributed by atoms with E-state index in [0.717, 1.165) is 28.3 Å². The van der Waals surface area contributed by atoms with Crippen LogP contribution < -0.4 is 5.32 Å². The first-order valence-electron chi connectivity index (χ1n) is 8.27. The van der Waals surface area contributed by atoms with Crippen molar-refractivity contribution in [2.75, 3.05) is 5.32 Å². The molecule has 27 heavy (non-hydrogen) atoms. The number of benzene rings is 2. The molecule has 2 aromatic heterocycles. The summed E-state index contributed by atoms with van der Waals surface area (Å²) in [4.78, 5) is 15.2. The van der Waals surface area contributed by atoms with Gasteiger partial charge in [-0.3, -0.25) is 14.5 Å². The topological polar surface area (TPSA) is 72.5 Å². The van der Waals surface area contributed by atoms with Crippen LogP contribution in [0.5, 0.6) is 0 Å². The molecule has 0 atom stereocenters. The molecule has 7 heteroatoms. The molecule has 2 heterocycles. The molecule has 6 nitrogen and oxygen atoms in total. The maximum absolute atomic E-state index is 10.9. The third kappa shape index (κ3) is 3.35. The summed E-state index contributed by atoms with van der Waals surface area (Å²) in [6, 6.07) is 18.0. The average Bonchev–Trinajstić information content (AvgIpc) is 3.01. The van der Waals surface area contributed by atoms with E-state index in [-0.39, 0.29) is 5.69 Å². The highest BCUT2D eigenvalue weighted by molar-refractivity contribution is 6.30. The van der Waals surface area contributed by atoms with Crippen LogP contribution in [0.25, 0.3) is 16.9 Å². The first-order valence-corrected chi connectivity index (χ1v) is 8.65. The molecule has 0 unspecified atom stereocenters. The van der Waals surface area contributed by atoms with Gasteiger partial charge in [-0.2, -0.15) is 0 Å². The van der Waals surface area contributed by atoms with Gasteiger partial charge >= 0.3 is 0 Å². The van der Waals surface area contributed by atoms with Crippen LogP contribution in [0.3, 0.4) is 0 Å². The summed E-state index contributed by atoms with van der Waals surface area (Å²) in [7, 11) is 0. The van der Waals surface area contributed by atoms with E-state index in [2.05, 4.69) is 10.3 Å². The molecule has 0 bridgehead atoms. The number of rotatable bonds is 4. The predicted molar refractivity (Wildman–Crippen MR) is 107 cm³/mol. The minimum Gasteiger partial charge on any atom is -0.339 e. The number of nitrogens with one attached hydrogen (secondary N) is 1. The molecule has 0 amide bonds. The van der Waals surface area contributed by atoms with Crippen LogP contribution in [-0.2, 0) is 0 Å². The third-order valence-corrected chi connectivity index (χ3v) is 4.47. The van der Waals surface area contributed by atoms with Gasteiger partial charge in [-0.05, 0) is 43.3 Å². The van der Waals surface area contributed by atoms with E-state index in [1.807, 2.05) is 41.7 Å². The van der Waals surface area contributed by atoms with Gasteiger partial charge in [0.15, 0.2) is 0 Å². The van der Waals surface area contributed by atoms with Crippen molar-refractivity contribution in [1.82, 2.24) is 9.38 Å². The monoisotopic (exact) mass is 378 g/mol. The minimum atomic E-state index is -0.418. The molecule has 0 saturated heterocycles. The zero-order valence-electron chi connectivity index (χ0n) is 14.4. The predicted octanol–water partition coefficient (Wildman–Crippen LogP) is 5.61. The zero-order valence-corrected chi connectivity index (χ0v) is 15.1. The Morgan fingerprint density at radius 2 is 1.74 bits per heavy atom. The Hall–Kier alpha value is -3.38. The number of nitro groups is 1. The van der Waals surface area contributed by atoms with Gasteiger partial charge < -0.3 is 5.32 Å². The van der Waals surface area contributed by atoms with Crippen LogP contribution in [-0.4, -0.2) is 14.3 Å². The van der Waals surface area contributed by atoms with E-state index in [1.54, 1.807) is 24.4 Å². The maximum atomic E-state index is 10.9. The lowest BCUT2D eigenvalue weighted by atomic mass is 10.1. The fourth-order valence-corrected chi connectivity index (χ4v) is 3.01. The maximum Gasteiger partial charge on any atom is 0.269 e. The number of fused-ring (bicyclic) bond motifs is 1. The Balaban J connectivity index is 1.86. The molecular weight excluding hydrogens is 364 g/mol. The van der Waals surface area contributed by atoms with Gasteiger partial charge in [-0.15, -0.1) is 0 Å². The quantitative estimate of drug-likeness (QED) is 0.369. The Kier molecular flexibility index (Phi) is 4.25. The van der Waals surface area contributed by atoms with Crippen LogP contribution >= 0.6 is 11.6 Å². The number of hydrogen-bond donors (Lipinski definition) is 1. The van der Waals surface area contributed by atoms with Crippen molar-refractivity contribution in [3.05, 3.63) is 87.6 Å². The van der Waals surface area contributed by atoms with Crippen molar-refractivity contribution >= 4 is 34.4 Å². The first-order chi connectivity index (χ1) is 13.0. The number of aryl methyl sites for hydroxylation is 1. The number of anilines is 2. The van der Waals surface area contributed by atoms with Crippen LogP contribution in [0.4, 0.5) is 17.2 Å². The summed E-state index contributed by atoms with van der Waals surface area (Å²) in [5.41, 5.74) is 4.30. The van der Waals surface area contributed by atoms with Crippen LogP contribution in [0, 0.1) is 17.0 Å². The van der Waals surface area contributed by atoms with Gasteiger partial charge in [0.25, 0.3) is 5.69 Å².